The number of fused-ring (bicyclic) bond motifs is 1. The third kappa shape index (κ3) is 6.13. The van der Waals surface area contributed by atoms with E-state index in [2.05, 4.69) is 20.9 Å². The van der Waals surface area contributed by atoms with Crippen molar-refractivity contribution >= 4 is 46.0 Å². The van der Waals surface area contributed by atoms with Gasteiger partial charge in [-0.3, -0.25) is 19.2 Å². The van der Waals surface area contributed by atoms with E-state index >= 15 is 0 Å². The number of halogens is 1. The van der Waals surface area contributed by atoms with E-state index in [9.17, 15) is 19.2 Å². The van der Waals surface area contributed by atoms with Crippen LogP contribution < -0.4 is 16.0 Å². The third-order valence-electron chi connectivity index (χ3n) is 5.98. The Balaban J connectivity index is 1.74. The summed E-state index contributed by atoms with van der Waals surface area (Å²) >= 11 is 5.76. The Bertz CT molecular complexity index is 1050. The SMILES string of the molecule is Cc1cccc2[nH]c(C(=O)NC(CC(C)C)C(=O)N[C@@H](C[C@@H]3CCNC3=O)C(=O)CCl)cc12. The van der Waals surface area contributed by atoms with Gasteiger partial charge in [-0.25, -0.2) is 0 Å². The first-order chi connectivity index (χ1) is 15.7. The van der Waals surface area contributed by atoms with E-state index in [0.29, 0.717) is 25.1 Å². The van der Waals surface area contributed by atoms with Gasteiger partial charge in [-0.05, 0) is 49.8 Å². The highest BCUT2D eigenvalue weighted by Crippen LogP contribution is 2.20. The number of ketones is 1. The second-order valence-corrected chi connectivity index (χ2v) is 9.32. The Morgan fingerprint density at radius 1 is 1.18 bits per heavy atom. The smallest absolute Gasteiger partial charge is 0.268 e. The van der Waals surface area contributed by atoms with Crippen LogP contribution in [0.1, 0.15) is 49.2 Å². The molecule has 0 radical (unpaired) electrons. The molecule has 1 unspecified atom stereocenters. The lowest BCUT2D eigenvalue weighted by Crippen LogP contribution is -2.53. The number of hydrogen-bond donors (Lipinski definition) is 4. The molecular weight excluding hydrogens is 444 g/mol. The van der Waals surface area contributed by atoms with E-state index in [0.717, 1.165) is 16.5 Å². The fourth-order valence-electron chi connectivity index (χ4n) is 4.16. The molecular formula is C24H31ClN4O4. The Kier molecular flexibility index (Phi) is 8.13. The summed E-state index contributed by atoms with van der Waals surface area (Å²) in [5.74, 6) is -1.85. The molecule has 1 aliphatic rings. The summed E-state index contributed by atoms with van der Waals surface area (Å²) < 4.78 is 0. The second-order valence-electron chi connectivity index (χ2n) is 9.05. The van der Waals surface area contributed by atoms with Crippen molar-refractivity contribution in [3.8, 4) is 0 Å². The predicted molar refractivity (Wildman–Crippen MR) is 127 cm³/mol. The van der Waals surface area contributed by atoms with Crippen LogP contribution in [0.4, 0.5) is 0 Å². The highest BCUT2D eigenvalue weighted by atomic mass is 35.5. The normalized spacial score (nSPS) is 17.6. The largest absolute Gasteiger partial charge is 0.356 e. The highest BCUT2D eigenvalue weighted by molar-refractivity contribution is 6.28. The molecule has 3 amide bonds. The molecule has 33 heavy (non-hydrogen) atoms. The van der Waals surface area contributed by atoms with Crippen molar-refractivity contribution in [3.05, 3.63) is 35.5 Å². The minimum Gasteiger partial charge on any atom is -0.356 e. The number of carbonyl (C=O) groups is 4. The van der Waals surface area contributed by atoms with E-state index in [-0.39, 0.29) is 35.8 Å². The van der Waals surface area contributed by atoms with Crippen molar-refractivity contribution in [1.29, 1.82) is 0 Å². The van der Waals surface area contributed by atoms with Gasteiger partial charge < -0.3 is 20.9 Å². The highest BCUT2D eigenvalue weighted by Gasteiger charge is 2.33. The van der Waals surface area contributed by atoms with Crippen LogP contribution in [0.15, 0.2) is 24.3 Å². The van der Waals surface area contributed by atoms with Gasteiger partial charge in [-0.1, -0.05) is 26.0 Å². The van der Waals surface area contributed by atoms with Crippen LogP contribution in [0.3, 0.4) is 0 Å². The number of aromatic amines is 1. The number of aryl methyl sites for hydroxylation is 1. The van der Waals surface area contributed by atoms with Crippen molar-refractivity contribution < 1.29 is 19.2 Å². The zero-order chi connectivity index (χ0) is 24.1. The quantitative estimate of drug-likeness (QED) is 0.395. The maximum atomic E-state index is 13.1. The summed E-state index contributed by atoms with van der Waals surface area (Å²) in [5.41, 5.74) is 2.24. The van der Waals surface area contributed by atoms with E-state index in [4.69, 9.17) is 11.6 Å². The second kappa shape index (κ2) is 10.8. The van der Waals surface area contributed by atoms with Crippen LogP contribution in [-0.4, -0.2) is 53.0 Å². The minimum absolute atomic E-state index is 0.119. The number of H-pyrrole nitrogens is 1. The van der Waals surface area contributed by atoms with Gasteiger partial charge in [0, 0.05) is 23.4 Å². The molecule has 2 aromatic rings. The molecule has 3 rings (SSSR count). The minimum atomic E-state index is -0.883. The number of benzene rings is 1. The zero-order valence-corrected chi connectivity index (χ0v) is 19.9. The average molecular weight is 475 g/mol. The Morgan fingerprint density at radius 3 is 2.55 bits per heavy atom. The lowest BCUT2D eigenvalue weighted by molar-refractivity contribution is -0.129. The molecule has 1 aromatic carbocycles. The number of alkyl halides is 1. The van der Waals surface area contributed by atoms with Crippen molar-refractivity contribution in [1.82, 2.24) is 20.9 Å². The van der Waals surface area contributed by atoms with Gasteiger partial charge in [0.05, 0.1) is 11.9 Å². The Labute approximate surface area is 198 Å². The monoisotopic (exact) mass is 474 g/mol. The van der Waals surface area contributed by atoms with Crippen LogP contribution >= 0.6 is 11.6 Å². The van der Waals surface area contributed by atoms with Crippen molar-refractivity contribution in [3.63, 3.8) is 0 Å². The molecule has 0 aliphatic carbocycles. The maximum Gasteiger partial charge on any atom is 0.268 e. The first-order valence-corrected chi connectivity index (χ1v) is 11.8. The average Bonchev–Trinajstić information content (AvgIpc) is 3.39. The van der Waals surface area contributed by atoms with E-state index in [1.807, 2.05) is 39.0 Å². The van der Waals surface area contributed by atoms with Gasteiger partial charge in [0.15, 0.2) is 5.78 Å². The Hall–Kier alpha value is -2.87. The summed E-state index contributed by atoms with van der Waals surface area (Å²) in [5, 5.41) is 9.22. The number of Topliss-reactive ketones (excluding diaryl/α,β-unsaturated/α-hetero) is 1. The fraction of sp³-hybridized carbons (Fsp3) is 0.500. The molecule has 2 heterocycles. The number of hydrogen-bond acceptors (Lipinski definition) is 4. The molecule has 4 N–H and O–H groups in total. The first kappa shape index (κ1) is 24.8. The van der Waals surface area contributed by atoms with Gasteiger partial charge in [-0.2, -0.15) is 0 Å². The molecule has 1 fully saturated rings. The van der Waals surface area contributed by atoms with Crippen LogP contribution in [0, 0.1) is 18.8 Å². The van der Waals surface area contributed by atoms with Crippen LogP contribution in [0.5, 0.6) is 0 Å². The molecule has 3 atom stereocenters. The topological polar surface area (TPSA) is 120 Å². The molecule has 0 bridgehead atoms. The number of nitrogens with one attached hydrogen (secondary N) is 4. The molecule has 0 spiro atoms. The summed E-state index contributed by atoms with van der Waals surface area (Å²) in [6.07, 6.45) is 1.18. The molecule has 1 aliphatic heterocycles. The maximum absolute atomic E-state index is 13.1. The lowest BCUT2D eigenvalue weighted by atomic mass is 9.95. The van der Waals surface area contributed by atoms with E-state index in [1.165, 1.54) is 0 Å². The standard InChI is InChI=1S/C24H31ClN4O4/c1-13(2)9-19(29-24(33)20-11-16-14(3)5-4-6-17(16)27-20)23(32)28-18(21(30)12-25)10-15-7-8-26-22(15)31/h4-6,11,13,15,18-19,27H,7-10,12H2,1-3H3,(H,26,31)(H,28,32)(H,29,33)/t15-,18-,19?/m0/s1. The summed E-state index contributed by atoms with van der Waals surface area (Å²) in [7, 11) is 0. The Morgan fingerprint density at radius 2 is 1.94 bits per heavy atom. The summed E-state index contributed by atoms with van der Waals surface area (Å²) in [4.78, 5) is 53.5. The van der Waals surface area contributed by atoms with E-state index in [1.54, 1.807) is 6.07 Å². The molecule has 8 nitrogen and oxygen atoms in total. The fourth-order valence-corrected chi connectivity index (χ4v) is 4.34. The van der Waals surface area contributed by atoms with Crippen LogP contribution in [-0.2, 0) is 14.4 Å². The summed E-state index contributed by atoms with van der Waals surface area (Å²) in [6, 6.07) is 5.80. The number of amides is 3. The van der Waals surface area contributed by atoms with Crippen molar-refractivity contribution in [2.45, 2.75) is 52.1 Å². The van der Waals surface area contributed by atoms with Crippen molar-refractivity contribution in [2.75, 3.05) is 12.4 Å². The van der Waals surface area contributed by atoms with Crippen molar-refractivity contribution in [2.24, 2.45) is 11.8 Å². The van der Waals surface area contributed by atoms with Gasteiger partial charge in [0.2, 0.25) is 11.8 Å². The van der Waals surface area contributed by atoms with E-state index < -0.39 is 23.9 Å². The molecule has 1 aromatic heterocycles. The number of rotatable bonds is 10. The third-order valence-corrected chi connectivity index (χ3v) is 6.24. The van der Waals surface area contributed by atoms with Crippen LogP contribution in [0.25, 0.3) is 10.9 Å². The zero-order valence-electron chi connectivity index (χ0n) is 19.2. The van der Waals surface area contributed by atoms with Gasteiger partial charge in [0.1, 0.15) is 11.7 Å². The number of aromatic nitrogens is 1. The van der Waals surface area contributed by atoms with Gasteiger partial charge in [0.25, 0.3) is 5.91 Å². The first-order valence-electron chi connectivity index (χ1n) is 11.3. The van der Waals surface area contributed by atoms with Gasteiger partial charge >= 0.3 is 0 Å². The number of carbonyl (C=O) groups excluding carboxylic acids is 4. The lowest BCUT2D eigenvalue weighted by Gasteiger charge is -2.24. The van der Waals surface area contributed by atoms with Crippen LogP contribution in [0.2, 0.25) is 0 Å². The van der Waals surface area contributed by atoms with Gasteiger partial charge in [-0.15, -0.1) is 11.6 Å². The molecule has 0 saturated carbocycles. The molecule has 1 saturated heterocycles. The predicted octanol–water partition coefficient (Wildman–Crippen LogP) is 2.44. The molecule has 178 valence electrons. The summed E-state index contributed by atoms with van der Waals surface area (Å²) in [6.45, 7) is 6.41. The molecule has 9 heteroatoms.